The molecule has 3 heterocycles. The van der Waals surface area contributed by atoms with Crippen LogP contribution in [0, 0.1) is 0 Å². The smallest absolute Gasteiger partial charge is 0.219 e. The molecule has 3 aliphatic heterocycles. The van der Waals surface area contributed by atoms with Gasteiger partial charge in [0.05, 0.1) is 11.7 Å². The quantitative estimate of drug-likeness (QED) is 0.642. The van der Waals surface area contributed by atoms with E-state index in [1.165, 1.54) is 21.9 Å². The van der Waals surface area contributed by atoms with Crippen molar-refractivity contribution in [1.82, 2.24) is 15.3 Å². The Morgan fingerprint density at radius 2 is 1.74 bits per heavy atom. The van der Waals surface area contributed by atoms with Gasteiger partial charge < -0.3 is 15.1 Å². The number of para-hydroxylation sites is 1. The van der Waals surface area contributed by atoms with Gasteiger partial charge in [-0.2, -0.15) is 5.01 Å². The number of fused-ring (bicyclic) bond motifs is 5. The van der Waals surface area contributed by atoms with Gasteiger partial charge in [0.2, 0.25) is 5.91 Å². The molecular formula is C26H25N3O2. The Kier molecular flexibility index (Phi) is 4.08. The first kappa shape index (κ1) is 18.5. The Balaban J connectivity index is 1.43. The molecule has 3 aliphatic rings. The van der Waals surface area contributed by atoms with Crippen molar-refractivity contribution >= 4 is 22.4 Å². The first-order chi connectivity index (χ1) is 15.1. The van der Waals surface area contributed by atoms with E-state index in [0.29, 0.717) is 13.1 Å². The maximum atomic E-state index is 11.9. The molecule has 1 spiro atoms. The second-order valence-electron chi connectivity index (χ2n) is 8.63. The van der Waals surface area contributed by atoms with E-state index in [0.717, 1.165) is 24.3 Å². The van der Waals surface area contributed by atoms with Crippen molar-refractivity contribution in [1.29, 1.82) is 0 Å². The summed E-state index contributed by atoms with van der Waals surface area (Å²) in [6.45, 7) is 3.05. The molecule has 0 saturated carbocycles. The van der Waals surface area contributed by atoms with E-state index in [4.69, 9.17) is 4.74 Å². The van der Waals surface area contributed by atoms with Crippen LogP contribution >= 0.6 is 0 Å². The maximum absolute atomic E-state index is 11.9. The number of benzene rings is 3. The average Bonchev–Trinajstić information content (AvgIpc) is 3.26. The summed E-state index contributed by atoms with van der Waals surface area (Å²) in [5.74, 6) is 1.07. The normalized spacial score (nSPS) is 21.8. The number of ether oxygens (including phenoxy) is 1. The average molecular weight is 412 g/mol. The molecule has 1 amide bonds. The molecule has 5 heteroatoms. The van der Waals surface area contributed by atoms with Crippen LogP contribution in [-0.2, 0) is 4.79 Å². The van der Waals surface area contributed by atoms with Crippen molar-refractivity contribution in [3.8, 4) is 5.75 Å². The lowest BCUT2D eigenvalue weighted by atomic mass is 9.92. The number of nitrogens with zero attached hydrogens (tertiary/aromatic N) is 2. The van der Waals surface area contributed by atoms with Crippen LogP contribution in [0.4, 0.5) is 0 Å². The second kappa shape index (κ2) is 6.86. The predicted octanol–water partition coefficient (Wildman–Crippen LogP) is 4.47. The molecule has 5 nitrogen and oxygen atoms in total. The van der Waals surface area contributed by atoms with Gasteiger partial charge in [0.25, 0.3) is 0 Å². The predicted molar refractivity (Wildman–Crippen MR) is 121 cm³/mol. The fourth-order valence-electron chi connectivity index (χ4n) is 5.25. The fourth-order valence-corrected chi connectivity index (χ4v) is 5.25. The summed E-state index contributed by atoms with van der Waals surface area (Å²) in [6, 6.07) is 23.3. The van der Waals surface area contributed by atoms with Crippen LogP contribution in [0.25, 0.3) is 16.5 Å². The molecule has 1 atom stereocenters. The van der Waals surface area contributed by atoms with Gasteiger partial charge in [-0.05, 0) is 22.9 Å². The number of likely N-dealkylation sites (tertiary alicyclic amines) is 1. The minimum Gasteiger partial charge on any atom is -0.470 e. The summed E-state index contributed by atoms with van der Waals surface area (Å²) in [5, 5.41) is 4.75. The number of nitrogens with one attached hydrogen (secondary N) is 1. The molecule has 0 bridgehead atoms. The first-order valence-electron chi connectivity index (χ1n) is 10.9. The number of piperidine rings is 1. The summed E-state index contributed by atoms with van der Waals surface area (Å²) in [6.07, 6.45) is 3.85. The molecule has 156 valence electrons. The molecule has 31 heavy (non-hydrogen) atoms. The number of hydrogen-bond acceptors (Lipinski definition) is 4. The van der Waals surface area contributed by atoms with E-state index in [-0.39, 0.29) is 11.9 Å². The summed E-state index contributed by atoms with van der Waals surface area (Å²) in [5.41, 5.74) is 6.71. The third-order valence-electron chi connectivity index (χ3n) is 6.89. The molecule has 1 saturated heterocycles. The zero-order chi connectivity index (χ0) is 21.0. The molecule has 3 aromatic carbocycles. The lowest BCUT2D eigenvalue weighted by Crippen LogP contribution is -2.64. The highest BCUT2D eigenvalue weighted by atomic mass is 16.5. The molecule has 0 radical (unpaired) electrons. The van der Waals surface area contributed by atoms with Crippen molar-refractivity contribution in [2.45, 2.75) is 31.5 Å². The minimum atomic E-state index is -0.478. The van der Waals surface area contributed by atoms with Crippen molar-refractivity contribution < 1.29 is 9.53 Å². The number of hydrogen-bond donors (Lipinski definition) is 1. The van der Waals surface area contributed by atoms with Crippen molar-refractivity contribution in [3.05, 3.63) is 83.9 Å². The summed E-state index contributed by atoms with van der Waals surface area (Å²) < 4.78 is 6.67. The Labute approximate surface area is 181 Å². The zero-order valence-corrected chi connectivity index (χ0v) is 17.5. The van der Waals surface area contributed by atoms with E-state index in [9.17, 15) is 4.79 Å². The topological polar surface area (TPSA) is 44.8 Å². The Morgan fingerprint density at radius 3 is 2.58 bits per heavy atom. The van der Waals surface area contributed by atoms with Gasteiger partial charge in [-0.25, -0.2) is 0 Å². The highest BCUT2D eigenvalue weighted by Gasteiger charge is 2.51. The molecule has 1 N–H and O–H groups in total. The lowest BCUT2D eigenvalue weighted by molar-refractivity contribution is -0.165. The van der Waals surface area contributed by atoms with E-state index >= 15 is 0 Å². The van der Waals surface area contributed by atoms with E-state index in [1.54, 1.807) is 6.92 Å². The minimum absolute atomic E-state index is 0.0859. The van der Waals surface area contributed by atoms with Crippen molar-refractivity contribution in [3.63, 3.8) is 0 Å². The maximum Gasteiger partial charge on any atom is 0.219 e. The second-order valence-corrected chi connectivity index (χ2v) is 8.63. The highest BCUT2D eigenvalue weighted by Crippen LogP contribution is 2.48. The number of amides is 1. The summed E-state index contributed by atoms with van der Waals surface area (Å²) in [4.78, 5) is 13.8. The molecule has 1 fully saturated rings. The van der Waals surface area contributed by atoms with E-state index in [1.807, 2.05) is 11.0 Å². The van der Waals surface area contributed by atoms with Crippen molar-refractivity contribution in [2.75, 3.05) is 13.1 Å². The monoisotopic (exact) mass is 411 g/mol. The molecule has 0 aromatic heterocycles. The third-order valence-corrected chi connectivity index (χ3v) is 6.89. The fraction of sp³-hybridized carbons (Fsp3) is 0.269. The molecule has 3 aromatic rings. The molecule has 0 unspecified atom stereocenters. The van der Waals surface area contributed by atoms with Crippen LogP contribution in [-0.4, -0.2) is 34.6 Å². The number of carbonyl (C=O) groups excluding carboxylic acids is 1. The van der Waals surface area contributed by atoms with E-state index in [2.05, 4.69) is 77.2 Å². The summed E-state index contributed by atoms with van der Waals surface area (Å²) >= 11 is 0. The highest BCUT2D eigenvalue weighted by molar-refractivity contribution is 5.94. The van der Waals surface area contributed by atoms with Gasteiger partial charge in [-0.3, -0.25) is 4.79 Å². The van der Waals surface area contributed by atoms with Gasteiger partial charge >= 0.3 is 0 Å². The Hall–Kier alpha value is -3.31. The Morgan fingerprint density at radius 1 is 1.00 bits per heavy atom. The van der Waals surface area contributed by atoms with Gasteiger partial charge in [-0.1, -0.05) is 60.7 Å². The first-order valence-corrected chi connectivity index (χ1v) is 10.9. The standard InChI is InChI=1S/C26H25N3O2/c1-18(30)28-15-13-26(14-16-28)29-24(22-10-4-5-12-25(22)31-26)17-23(27-29)21-11-6-8-19-7-2-3-9-20(19)21/h2-12,17,24,27H,13-16H2,1H3/t24-/m0/s1. The van der Waals surface area contributed by atoms with Crippen LogP contribution in [0.5, 0.6) is 5.75 Å². The van der Waals surface area contributed by atoms with Gasteiger partial charge in [0, 0.05) is 44.0 Å². The molecule has 6 rings (SSSR count). The van der Waals surface area contributed by atoms with Crippen LogP contribution in [0.1, 0.15) is 36.9 Å². The number of hydrazine groups is 1. The number of rotatable bonds is 1. The van der Waals surface area contributed by atoms with Gasteiger partial charge in [-0.15, -0.1) is 0 Å². The SMILES string of the molecule is CC(=O)N1CCC2(CC1)Oc1ccccc1[C@@H]1C=C(c3cccc4ccccc34)NN12. The van der Waals surface area contributed by atoms with Crippen molar-refractivity contribution in [2.24, 2.45) is 0 Å². The zero-order valence-electron chi connectivity index (χ0n) is 17.5. The van der Waals surface area contributed by atoms with E-state index < -0.39 is 5.72 Å². The number of carbonyl (C=O) groups is 1. The molecular weight excluding hydrogens is 386 g/mol. The summed E-state index contributed by atoms with van der Waals surface area (Å²) in [7, 11) is 0. The third kappa shape index (κ3) is 2.84. The van der Waals surface area contributed by atoms with Gasteiger partial charge in [0.1, 0.15) is 5.75 Å². The van der Waals surface area contributed by atoms with Crippen LogP contribution in [0.3, 0.4) is 0 Å². The van der Waals surface area contributed by atoms with Crippen LogP contribution < -0.4 is 10.2 Å². The van der Waals surface area contributed by atoms with Crippen LogP contribution in [0.15, 0.2) is 72.8 Å². The van der Waals surface area contributed by atoms with Gasteiger partial charge in [0.15, 0.2) is 5.72 Å². The van der Waals surface area contributed by atoms with Crippen LogP contribution in [0.2, 0.25) is 0 Å². The largest absolute Gasteiger partial charge is 0.470 e. The lowest BCUT2D eigenvalue weighted by Gasteiger charge is -2.51. The Bertz CT molecular complexity index is 1200. The molecule has 0 aliphatic carbocycles.